The van der Waals surface area contributed by atoms with E-state index in [1.807, 2.05) is 20.0 Å². The molecule has 92 valence electrons. The third kappa shape index (κ3) is 2.21. The van der Waals surface area contributed by atoms with Crippen molar-refractivity contribution in [1.82, 2.24) is 24.8 Å². The third-order valence-corrected chi connectivity index (χ3v) is 2.68. The first-order chi connectivity index (χ1) is 8.13. The van der Waals surface area contributed by atoms with Gasteiger partial charge in [-0.05, 0) is 19.4 Å². The lowest BCUT2D eigenvalue weighted by molar-refractivity contribution is 0.197. The highest BCUT2D eigenvalue weighted by molar-refractivity contribution is 5.19. The van der Waals surface area contributed by atoms with Crippen LogP contribution in [0.5, 0.6) is 0 Å². The topological polar surface area (TPSA) is 68.8 Å². The quantitative estimate of drug-likeness (QED) is 0.851. The fourth-order valence-corrected chi connectivity index (χ4v) is 1.90. The summed E-state index contributed by atoms with van der Waals surface area (Å²) in [6.45, 7) is 4.72. The second-order valence-corrected chi connectivity index (χ2v) is 4.12. The number of hydrogen-bond donors (Lipinski definition) is 1. The SMILES string of the molecule is CCCn1nncc1C(O)c1cc(C)nn1C. The smallest absolute Gasteiger partial charge is 0.139 e. The van der Waals surface area contributed by atoms with Gasteiger partial charge in [-0.1, -0.05) is 12.1 Å². The van der Waals surface area contributed by atoms with Crippen molar-refractivity contribution in [2.75, 3.05) is 0 Å². The summed E-state index contributed by atoms with van der Waals surface area (Å²) < 4.78 is 3.41. The molecule has 17 heavy (non-hydrogen) atoms. The average Bonchev–Trinajstić information content (AvgIpc) is 2.85. The van der Waals surface area contributed by atoms with Gasteiger partial charge in [0.05, 0.1) is 23.3 Å². The molecule has 0 radical (unpaired) electrons. The van der Waals surface area contributed by atoms with Crippen molar-refractivity contribution in [2.24, 2.45) is 7.05 Å². The first kappa shape index (κ1) is 11.8. The number of aliphatic hydroxyl groups is 1. The Bertz CT molecular complexity index is 502. The summed E-state index contributed by atoms with van der Waals surface area (Å²) in [6.07, 6.45) is 1.82. The molecule has 0 aliphatic heterocycles. The molecule has 1 atom stereocenters. The average molecular weight is 235 g/mol. The molecule has 1 N–H and O–H groups in total. The molecule has 0 spiro atoms. The predicted octanol–water partition coefficient (Wildman–Crippen LogP) is 0.812. The maximum Gasteiger partial charge on any atom is 0.139 e. The highest BCUT2D eigenvalue weighted by Crippen LogP contribution is 2.21. The number of aryl methyl sites for hydroxylation is 3. The highest BCUT2D eigenvalue weighted by Gasteiger charge is 2.19. The van der Waals surface area contributed by atoms with Crippen molar-refractivity contribution >= 4 is 0 Å². The molecule has 1 unspecified atom stereocenters. The van der Waals surface area contributed by atoms with Gasteiger partial charge in [0.2, 0.25) is 0 Å². The monoisotopic (exact) mass is 235 g/mol. The van der Waals surface area contributed by atoms with E-state index in [0.29, 0.717) is 5.69 Å². The van der Waals surface area contributed by atoms with E-state index in [4.69, 9.17) is 0 Å². The van der Waals surface area contributed by atoms with Gasteiger partial charge in [0.15, 0.2) is 0 Å². The second-order valence-electron chi connectivity index (χ2n) is 4.12. The summed E-state index contributed by atoms with van der Waals surface area (Å²) in [6, 6.07) is 1.87. The molecule has 6 heteroatoms. The van der Waals surface area contributed by atoms with Gasteiger partial charge in [-0.25, -0.2) is 4.68 Å². The Hall–Kier alpha value is -1.69. The van der Waals surface area contributed by atoms with Crippen molar-refractivity contribution in [2.45, 2.75) is 32.9 Å². The molecule has 6 nitrogen and oxygen atoms in total. The molecule has 0 bridgehead atoms. The van der Waals surface area contributed by atoms with E-state index in [-0.39, 0.29) is 0 Å². The Morgan fingerprint density at radius 1 is 1.41 bits per heavy atom. The van der Waals surface area contributed by atoms with Crippen LogP contribution in [0.4, 0.5) is 0 Å². The van der Waals surface area contributed by atoms with Crippen LogP contribution < -0.4 is 0 Å². The number of rotatable bonds is 4. The summed E-state index contributed by atoms with van der Waals surface area (Å²) in [5, 5.41) is 22.4. The summed E-state index contributed by atoms with van der Waals surface area (Å²) in [7, 11) is 1.82. The molecule has 2 aromatic heterocycles. The van der Waals surface area contributed by atoms with Crippen LogP contribution in [0.15, 0.2) is 12.3 Å². The largest absolute Gasteiger partial charge is 0.380 e. The van der Waals surface area contributed by atoms with Gasteiger partial charge in [-0.3, -0.25) is 4.68 Å². The predicted molar refractivity (Wildman–Crippen MR) is 62.3 cm³/mol. The van der Waals surface area contributed by atoms with E-state index in [1.165, 1.54) is 0 Å². The van der Waals surface area contributed by atoms with Crippen LogP contribution >= 0.6 is 0 Å². The molecule has 2 aromatic rings. The molecule has 0 aliphatic rings. The van der Waals surface area contributed by atoms with Crippen LogP contribution in [0.25, 0.3) is 0 Å². The van der Waals surface area contributed by atoms with Crippen LogP contribution in [0.3, 0.4) is 0 Å². The zero-order valence-corrected chi connectivity index (χ0v) is 10.3. The first-order valence-corrected chi connectivity index (χ1v) is 5.70. The van der Waals surface area contributed by atoms with Gasteiger partial charge in [-0.15, -0.1) is 5.10 Å². The first-order valence-electron chi connectivity index (χ1n) is 5.70. The van der Waals surface area contributed by atoms with Crippen LogP contribution in [0, 0.1) is 6.92 Å². The van der Waals surface area contributed by atoms with E-state index in [1.54, 1.807) is 15.6 Å². The molecule has 0 fully saturated rings. The summed E-state index contributed by atoms with van der Waals surface area (Å²) >= 11 is 0. The maximum atomic E-state index is 10.3. The number of nitrogens with zero attached hydrogens (tertiary/aromatic N) is 5. The molecule has 0 saturated carbocycles. The Morgan fingerprint density at radius 3 is 2.76 bits per heavy atom. The normalized spacial score (nSPS) is 12.9. The van der Waals surface area contributed by atoms with Crippen molar-refractivity contribution < 1.29 is 5.11 Å². The molecular formula is C11H17N5O. The highest BCUT2D eigenvalue weighted by atomic mass is 16.3. The van der Waals surface area contributed by atoms with Crippen molar-refractivity contribution in [3.05, 3.63) is 29.3 Å². The van der Waals surface area contributed by atoms with E-state index < -0.39 is 6.10 Å². The van der Waals surface area contributed by atoms with Crippen molar-refractivity contribution in [1.29, 1.82) is 0 Å². The lowest BCUT2D eigenvalue weighted by atomic mass is 10.2. The van der Waals surface area contributed by atoms with Gasteiger partial charge in [0.25, 0.3) is 0 Å². The van der Waals surface area contributed by atoms with Gasteiger partial charge in [0.1, 0.15) is 6.10 Å². The zero-order chi connectivity index (χ0) is 12.4. The Labute approximate surface area is 99.9 Å². The number of hydrogen-bond acceptors (Lipinski definition) is 4. The summed E-state index contributed by atoms with van der Waals surface area (Å²) in [4.78, 5) is 0. The summed E-state index contributed by atoms with van der Waals surface area (Å²) in [5.74, 6) is 0. The molecule has 0 saturated heterocycles. The van der Waals surface area contributed by atoms with Crippen LogP contribution in [0.1, 0.15) is 36.5 Å². The zero-order valence-electron chi connectivity index (χ0n) is 10.3. The third-order valence-electron chi connectivity index (χ3n) is 2.68. The molecule has 2 rings (SSSR count). The van der Waals surface area contributed by atoms with E-state index >= 15 is 0 Å². The minimum absolute atomic E-state index is 0.704. The van der Waals surface area contributed by atoms with Gasteiger partial charge in [0, 0.05) is 13.6 Å². The fourth-order valence-electron chi connectivity index (χ4n) is 1.90. The van der Waals surface area contributed by atoms with Crippen molar-refractivity contribution in [3.8, 4) is 0 Å². The Balaban J connectivity index is 2.33. The maximum absolute atomic E-state index is 10.3. The minimum atomic E-state index is -0.734. The van der Waals surface area contributed by atoms with Crippen molar-refractivity contribution in [3.63, 3.8) is 0 Å². The van der Waals surface area contributed by atoms with Crippen LogP contribution in [0.2, 0.25) is 0 Å². The summed E-state index contributed by atoms with van der Waals surface area (Å²) in [5.41, 5.74) is 2.34. The van der Waals surface area contributed by atoms with Gasteiger partial charge < -0.3 is 5.11 Å². The number of aromatic nitrogens is 5. The molecular weight excluding hydrogens is 218 g/mol. The van der Waals surface area contributed by atoms with E-state index in [0.717, 1.165) is 24.4 Å². The molecule has 0 aliphatic carbocycles. The van der Waals surface area contributed by atoms with E-state index in [2.05, 4.69) is 22.3 Å². The Kier molecular flexibility index (Phi) is 3.23. The van der Waals surface area contributed by atoms with Gasteiger partial charge in [-0.2, -0.15) is 5.10 Å². The lowest BCUT2D eigenvalue weighted by Crippen LogP contribution is -2.13. The number of aliphatic hydroxyl groups excluding tert-OH is 1. The standard InChI is InChI=1S/C11H17N5O/c1-4-5-16-10(7-12-14-16)11(17)9-6-8(2)13-15(9)3/h6-7,11,17H,4-5H2,1-3H3. The second kappa shape index (κ2) is 4.67. The van der Waals surface area contributed by atoms with Crippen LogP contribution in [-0.2, 0) is 13.6 Å². The lowest BCUT2D eigenvalue weighted by Gasteiger charge is -2.11. The molecule has 0 amide bonds. The minimum Gasteiger partial charge on any atom is -0.380 e. The molecule has 0 aromatic carbocycles. The fraction of sp³-hybridized carbons (Fsp3) is 0.545. The Morgan fingerprint density at radius 2 is 2.18 bits per heavy atom. The van der Waals surface area contributed by atoms with Crippen LogP contribution in [-0.4, -0.2) is 29.9 Å². The van der Waals surface area contributed by atoms with Gasteiger partial charge >= 0.3 is 0 Å². The van der Waals surface area contributed by atoms with E-state index in [9.17, 15) is 5.11 Å². The molecule has 2 heterocycles.